The Labute approximate surface area is 167 Å². The number of thiocarbonyl (C=S) groups is 1. The van der Waals surface area contributed by atoms with Crippen LogP contribution in [0.4, 0.5) is 5.69 Å². The quantitative estimate of drug-likeness (QED) is 0.480. The van der Waals surface area contributed by atoms with E-state index in [9.17, 15) is 9.59 Å². The maximum absolute atomic E-state index is 12.9. The normalized spacial score (nSPS) is 15.9. The monoisotopic (exact) mass is 400 g/mol. The van der Waals surface area contributed by atoms with E-state index in [2.05, 4.69) is 5.32 Å². The number of hydrogen-bond donors (Lipinski definition) is 1. The number of benzene rings is 2. The molecule has 0 saturated carbocycles. The highest BCUT2D eigenvalue weighted by molar-refractivity contribution is 7.80. The molecule has 7 heteroatoms. The van der Waals surface area contributed by atoms with Gasteiger partial charge in [0.1, 0.15) is 11.3 Å². The number of carbonyl (C=O) groups excluding carboxylic acids is 2. The summed E-state index contributed by atoms with van der Waals surface area (Å²) in [5, 5.41) is 3.02. The van der Waals surface area contributed by atoms with Crippen molar-refractivity contribution in [2.24, 2.45) is 0 Å². The van der Waals surface area contributed by atoms with Crippen LogP contribution in [-0.2, 0) is 9.59 Å². The molecule has 3 rings (SSSR count). The van der Waals surface area contributed by atoms with Crippen molar-refractivity contribution >= 4 is 52.5 Å². The van der Waals surface area contributed by atoms with Crippen LogP contribution in [0.25, 0.3) is 6.08 Å². The summed E-state index contributed by atoms with van der Waals surface area (Å²) in [5.41, 5.74) is 2.23. The fourth-order valence-electron chi connectivity index (χ4n) is 2.63. The second kappa shape index (κ2) is 7.90. The number of amides is 2. The maximum atomic E-state index is 12.9. The molecule has 5 nitrogen and oxygen atoms in total. The Morgan fingerprint density at radius 2 is 1.89 bits per heavy atom. The van der Waals surface area contributed by atoms with Crippen LogP contribution >= 0.6 is 23.8 Å². The standard InChI is InChI=1S/C20H17ClN2O3S/c1-3-26-17-9-6-13(11-16(17)21)10-15-18(24)22-20(27)23(19(15)25)14-7-4-12(2)5-8-14/h4-11H,3H2,1-2H3,(H,22,24,27). The van der Waals surface area contributed by atoms with Crippen molar-refractivity contribution in [2.75, 3.05) is 11.5 Å². The largest absolute Gasteiger partial charge is 0.492 e. The fourth-order valence-corrected chi connectivity index (χ4v) is 3.16. The second-order valence-electron chi connectivity index (χ2n) is 5.92. The van der Waals surface area contributed by atoms with E-state index in [0.29, 0.717) is 28.6 Å². The first-order chi connectivity index (χ1) is 12.9. The zero-order valence-corrected chi connectivity index (χ0v) is 16.4. The molecule has 0 aromatic heterocycles. The minimum Gasteiger partial charge on any atom is -0.492 e. The summed E-state index contributed by atoms with van der Waals surface area (Å²) < 4.78 is 5.40. The van der Waals surface area contributed by atoms with Gasteiger partial charge in [-0.25, -0.2) is 0 Å². The molecule has 1 fully saturated rings. The van der Waals surface area contributed by atoms with Gasteiger partial charge in [0.25, 0.3) is 11.8 Å². The Morgan fingerprint density at radius 3 is 2.52 bits per heavy atom. The average molecular weight is 401 g/mol. The Bertz CT molecular complexity index is 954. The van der Waals surface area contributed by atoms with Crippen molar-refractivity contribution in [1.82, 2.24) is 5.32 Å². The third-order valence-corrected chi connectivity index (χ3v) is 4.54. The molecule has 2 amide bonds. The molecule has 1 saturated heterocycles. The molecule has 0 radical (unpaired) electrons. The number of aryl methyl sites for hydroxylation is 1. The van der Waals surface area contributed by atoms with Crippen molar-refractivity contribution in [3.63, 3.8) is 0 Å². The van der Waals surface area contributed by atoms with E-state index in [4.69, 9.17) is 28.6 Å². The Hall–Kier alpha value is -2.70. The van der Waals surface area contributed by atoms with Crippen LogP contribution in [0.2, 0.25) is 5.02 Å². The molecular formula is C20H17ClN2O3S. The Kier molecular flexibility index (Phi) is 5.58. The van der Waals surface area contributed by atoms with Gasteiger partial charge in [-0.2, -0.15) is 0 Å². The molecule has 27 heavy (non-hydrogen) atoms. The molecule has 1 aliphatic heterocycles. The molecule has 138 valence electrons. The van der Waals surface area contributed by atoms with E-state index in [1.807, 2.05) is 26.0 Å². The molecule has 1 heterocycles. The maximum Gasteiger partial charge on any atom is 0.270 e. The van der Waals surface area contributed by atoms with Crippen LogP contribution in [0.15, 0.2) is 48.0 Å². The van der Waals surface area contributed by atoms with E-state index in [0.717, 1.165) is 5.56 Å². The predicted molar refractivity (Wildman–Crippen MR) is 110 cm³/mol. The van der Waals surface area contributed by atoms with Gasteiger partial charge in [-0.15, -0.1) is 0 Å². The van der Waals surface area contributed by atoms with Crippen LogP contribution in [0.5, 0.6) is 5.75 Å². The highest BCUT2D eigenvalue weighted by atomic mass is 35.5. The van der Waals surface area contributed by atoms with E-state index >= 15 is 0 Å². The number of nitrogens with zero attached hydrogens (tertiary/aromatic N) is 1. The third kappa shape index (κ3) is 4.02. The van der Waals surface area contributed by atoms with Gasteiger partial charge in [-0.3, -0.25) is 19.8 Å². The minimum atomic E-state index is -0.543. The van der Waals surface area contributed by atoms with Gasteiger partial charge in [0, 0.05) is 0 Å². The molecule has 0 spiro atoms. The Balaban J connectivity index is 1.96. The number of hydrogen-bond acceptors (Lipinski definition) is 4. The lowest BCUT2D eigenvalue weighted by atomic mass is 10.1. The highest BCUT2D eigenvalue weighted by Gasteiger charge is 2.34. The molecule has 1 N–H and O–H groups in total. The lowest BCUT2D eigenvalue weighted by Crippen LogP contribution is -2.54. The zero-order chi connectivity index (χ0) is 19.6. The first-order valence-electron chi connectivity index (χ1n) is 8.31. The molecule has 2 aromatic carbocycles. The summed E-state index contributed by atoms with van der Waals surface area (Å²) in [6.45, 7) is 4.30. The predicted octanol–water partition coefficient (Wildman–Crippen LogP) is 3.88. The molecule has 1 aliphatic rings. The number of anilines is 1. The molecule has 0 atom stereocenters. The van der Waals surface area contributed by atoms with Crippen LogP contribution < -0.4 is 15.0 Å². The van der Waals surface area contributed by atoms with E-state index in [-0.39, 0.29) is 10.7 Å². The van der Waals surface area contributed by atoms with Gasteiger partial charge in [0.2, 0.25) is 0 Å². The van der Waals surface area contributed by atoms with E-state index < -0.39 is 11.8 Å². The van der Waals surface area contributed by atoms with Crippen molar-refractivity contribution in [3.05, 3.63) is 64.2 Å². The highest BCUT2D eigenvalue weighted by Crippen LogP contribution is 2.28. The molecule has 0 bridgehead atoms. The number of rotatable bonds is 4. The number of nitrogens with one attached hydrogen (secondary N) is 1. The van der Waals surface area contributed by atoms with Crippen molar-refractivity contribution in [1.29, 1.82) is 0 Å². The molecule has 0 unspecified atom stereocenters. The van der Waals surface area contributed by atoms with Crippen LogP contribution in [0.1, 0.15) is 18.1 Å². The van der Waals surface area contributed by atoms with Crippen molar-refractivity contribution in [3.8, 4) is 5.75 Å². The molecule has 2 aromatic rings. The minimum absolute atomic E-state index is 0.0237. The van der Waals surface area contributed by atoms with Crippen LogP contribution in [-0.4, -0.2) is 23.5 Å². The lowest BCUT2D eigenvalue weighted by molar-refractivity contribution is -0.122. The van der Waals surface area contributed by atoms with Gasteiger partial charge in [0.05, 0.1) is 17.3 Å². The third-order valence-electron chi connectivity index (χ3n) is 3.96. The van der Waals surface area contributed by atoms with Gasteiger partial charge in [0.15, 0.2) is 5.11 Å². The van der Waals surface area contributed by atoms with Gasteiger partial charge >= 0.3 is 0 Å². The number of halogens is 1. The zero-order valence-electron chi connectivity index (χ0n) is 14.8. The first-order valence-corrected chi connectivity index (χ1v) is 9.10. The Morgan fingerprint density at radius 1 is 1.19 bits per heavy atom. The van der Waals surface area contributed by atoms with Gasteiger partial charge < -0.3 is 4.74 Å². The topological polar surface area (TPSA) is 58.6 Å². The summed E-state index contributed by atoms with van der Waals surface area (Å²) in [6, 6.07) is 12.4. The van der Waals surface area contributed by atoms with Crippen LogP contribution in [0, 0.1) is 6.92 Å². The van der Waals surface area contributed by atoms with Crippen LogP contribution in [0.3, 0.4) is 0 Å². The van der Waals surface area contributed by atoms with Gasteiger partial charge in [-0.1, -0.05) is 35.4 Å². The lowest BCUT2D eigenvalue weighted by Gasteiger charge is -2.29. The fraction of sp³-hybridized carbons (Fsp3) is 0.150. The SMILES string of the molecule is CCOc1ccc(C=C2C(=O)NC(=S)N(c3ccc(C)cc3)C2=O)cc1Cl. The summed E-state index contributed by atoms with van der Waals surface area (Å²) in [7, 11) is 0. The first kappa shape index (κ1) is 19.1. The second-order valence-corrected chi connectivity index (χ2v) is 6.71. The summed E-state index contributed by atoms with van der Waals surface area (Å²) in [4.78, 5) is 26.6. The number of carbonyl (C=O) groups is 2. The summed E-state index contributed by atoms with van der Waals surface area (Å²) in [5.74, 6) is -0.487. The van der Waals surface area contributed by atoms with E-state index in [1.54, 1.807) is 30.3 Å². The average Bonchev–Trinajstić information content (AvgIpc) is 2.62. The summed E-state index contributed by atoms with van der Waals surface area (Å²) >= 11 is 11.4. The molecular weight excluding hydrogens is 384 g/mol. The molecule has 0 aliphatic carbocycles. The number of ether oxygens (including phenoxy) is 1. The van der Waals surface area contributed by atoms with Crippen molar-refractivity contribution in [2.45, 2.75) is 13.8 Å². The van der Waals surface area contributed by atoms with Gasteiger partial charge in [-0.05, 0) is 62.0 Å². The summed E-state index contributed by atoms with van der Waals surface area (Å²) in [6.07, 6.45) is 1.49. The van der Waals surface area contributed by atoms with Crippen molar-refractivity contribution < 1.29 is 14.3 Å². The smallest absolute Gasteiger partial charge is 0.270 e. The van der Waals surface area contributed by atoms with E-state index in [1.165, 1.54) is 11.0 Å².